The SMILES string of the molecule is CC(C)Oc1ccc(C2(C#N)CCC2)cc1. The fourth-order valence-electron chi connectivity index (χ4n) is 2.12. The van der Waals surface area contributed by atoms with Crippen LogP contribution in [-0.4, -0.2) is 6.10 Å². The van der Waals surface area contributed by atoms with Crippen molar-refractivity contribution in [2.75, 3.05) is 0 Å². The van der Waals surface area contributed by atoms with Gasteiger partial charge in [-0.25, -0.2) is 0 Å². The first-order valence-corrected chi connectivity index (χ1v) is 5.85. The summed E-state index contributed by atoms with van der Waals surface area (Å²) in [5.74, 6) is 0.881. The molecule has 0 spiro atoms. The summed E-state index contributed by atoms with van der Waals surface area (Å²) in [6.45, 7) is 4.02. The Morgan fingerprint density at radius 2 is 1.88 bits per heavy atom. The second-order valence-corrected chi connectivity index (χ2v) is 4.74. The Balaban J connectivity index is 2.16. The maximum Gasteiger partial charge on any atom is 0.119 e. The lowest BCUT2D eigenvalue weighted by Gasteiger charge is -2.35. The van der Waals surface area contributed by atoms with E-state index >= 15 is 0 Å². The maximum absolute atomic E-state index is 9.22. The summed E-state index contributed by atoms with van der Waals surface area (Å²) < 4.78 is 5.58. The van der Waals surface area contributed by atoms with E-state index in [9.17, 15) is 5.26 Å². The molecule has 0 heterocycles. The third kappa shape index (κ3) is 1.90. The topological polar surface area (TPSA) is 33.0 Å². The molecule has 1 aromatic carbocycles. The molecule has 1 saturated carbocycles. The molecule has 1 aliphatic rings. The number of rotatable bonds is 3. The van der Waals surface area contributed by atoms with Crippen LogP contribution in [0.3, 0.4) is 0 Å². The Morgan fingerprint density at radius 1 is 1.25 bits per heavy atom. The monoisotopic (exact) mass is 215 g/mol. The van der Waals surface area contributed by atoms with Gasteiger partial charge in [0.15, 0.2) is 0 Å². The summed E-state index contributed by atoms with van der Waals surface area (Å²) in [6, 6.07) is 10.4. The fourth-order valence-corrected chi connectivity index (χ4v) is 2.12. The van der Waals surface area contributed by atoms with Crippen LogP contribution in [-0.2, 0) is 5.41 Å². The van der Waals surface area contributed by atoms with Gasteiger partial charge in [-0.3, -0.25) is 0 Å². The summed E-state index contributed by atoms with van der Waals surface area (Å²) in [5, 5.41) is 9.22. The lowest BCUT2D eigenvalue weighted by molar-refractivity contribution is 0.242. The van der Waals surface area contributed by atoms with E-state index in [0.29, 0.717) is 0 Å². The van der Waals surface area contributed by atoms with Crippen LogP contribution in [0, 0.1) is 11.3 Å². The van der Waals surface area contributed by atoms with Gasteiger partial charge in [-0.15, -0.1) is 0 Å². The Labute approximate surface area is 96.9 Å². The van der Waals surface area contributed by atoms with Crippen LogP contribution in [0.5, 0.6) is 5.75 Å². The van der Waals surface area contributed by atoms with E-state index < -0.39 is 0 Å². The molecule has 0 unspecified atom stereocenters. The van der Waals surface area contributed by atoms with Gasteiger partial charge in [0.1, 0.15) is 5.75 Å². The fraction of sp³-hybridized carbons (Fsp3) is 0.500. The molecule has 0 aromatic heterocycles. The molecule has 0 amide bonds. The average molecular weight is 215 g/mol. The molecule has 2 nitrogen and oxygen atoms in total. The molecule has 1 aliphatic carbocycles. The van der Waals surface area contributed by atoms with Gasteiger partial charge in [0.2, 0.25) is 0 Å². The second kappa shape index (κ2) is 4.17. The van der Waals surface area contributed by atoms with E-state index in [2.05, 4.69) is 6.07 Å². The molecule has 0 saturated heterocycles. The molecule has 0 bridgehead atoms. The molecule has 2 heteroatoms. The normalized spacial score (nSPS) is 17.6. The lowest BCUT2D eigenvalue weighted by atomic mass is 9.65. The highest BCUT2D eigenvalue weighted by Gasteiger charge is 2.38. The van der Waals surface area contributed by atoms with E-state index in [1.807, 2.05) is 38.1 Å². The van der Waals surface area contributed by atoms with Crippen molar-refractivity contribution < 1.29 is 4.74 Å². The number of hydrogen-bond acceptors (Lipinski definition) is 2. The molecule has 0 atom stereocenters. The zero-order chi connectivity index (χ0) is 11.6. The van der Waals surface area contributed by atoms with Crippen LogP contribution in [0.1, 0.15) is 38.7 Å². The molecule has 16 heavy (non-hydrogen) atoms. The predicted molar refractivity (Wildman–Crippen MR) is 63.3 cm³/mol. The highest BCUT2D eigenvalue weighted by atomic mass is 16.5. The zero-order valence-corrected chi connectivity index (χ0v) is 9.86. The van der Waals surface area contributed by atoms with Gasteiger partial charge in [0.25, 0.3) is 0 Å². The molecule has 0 aliphatic heterocycles. The minimum Gasteiger partial charge on any atom is -0.491 e. The van der Waals surface area contributed by atoms with Crippen molar-refractivity contribution in [1.82, 2.24) is 0 Å². The summed E-state index contributed by atoms with van der Waals surface area (Å²) in [4.78, 5) is 0. The summed E-state index contributed by atoms with van der Waals surface area (Å²) >= 11 is 0. The van der Waals surface area contributed by atoms with Crippen LogP contribution in [0.15, 0.2) is 24.3 Å². The third-order valence-corrected chi connectivity index (χ3v) is 3.20. The minimum atomic E-state index is -0.212. The van der Waals surface area contributed by atoms with Crippen molar-refractivity contribution >= 4 is 0 Å². The molecule has 1 fully saturated rings. The molecule has 0 N–H and O–H groups in total. The van der Waals surface area contributed by atoms with Gasteiger partial charge >= 0.3 is 0 Å². The highest BCUT2D eigenvalue weighted by molar-refractivity contribution is 5.38. The van der Waals surface area contributed by atoms with E-state index in [-0.39, 0.29) is 11.5 Å². The third-order valence-electron chi connectivity index (χ3n) is 3.20. The number of hydrogen-bond donors (Lipinski definition) is 0. The highest BCUT2D eigenvalue weighted by Crippen LogP contribution is 2.43. The van der Waals surface area contributed by atoms with Gasteiger partial charge in [-0.2, -0.15) is 5.26 Å². The van der Waals surface area contributed by atoms with Crippen LogP contribution < -0.4 is 4.74 Å². The Kier molecular flexibility index (Phi) is 2.87. The smallest absolute Gasteiger partial charge is 0.119 e. The first-order chi connectivity index (χ1) is 7.66. The first kappa shape index (κ1) is 11.0. The van der Waals surface area contributed by atoms with E-state index in [4.69, 9.17) is 4.74 Å². The molecule has 84 valence electrons. The molecular weight excluding hydrogens is 198 g/mol. The standard InChI is InChI=1S/C14H17NO/c1-11(2)16-13-6-4-12(5-7-13)14(10-15)8-3-9-14/h4-7,11H,3,8-9H2,1-2H3. The summed E-state index contributed by atoms with van der Waals surface area (Å²) in [5.41, 5.74) is 0.924. The number of ether oxygens (including phenoxy) is 1. The van der Waals surface area contributed by atoms with Crippen LogP contribution in [0.25, 0.3) is 0 Å². The lowest BCUT2D eigenvalue weighted by Crippen LogP contribution is -2.32. The first-order valence-electron chi connectivity index (χ1n) is 5.85. The molecule has 2 rings (SSSR count). The maximum atomic E-state index is 9.22. The molecule has 0 radical (unpaired) electrons. The van der Waals surface area contributed by atoms with Crippen molar-refractivity contribution in [3.05, 3.63) is 29.8 Å². The van der Waals surface area contributed by atoms with Crippen molar-refractivity contribution in [2.24, 2.45) is 0 Å². The van der Waals surface area contributed by atoms with Crippen LogP contribution in [0.2, 0.25) is 0 Å². The van der Waals surface area contributed by atoms with Gasteiger partial charge in [0.05, 0.1) is 17.6 Å². The zero-order valence-electron chi connectivity index (χ0n) is 9.86. The largest absolute Gasteiger partial charge is 0.491 e. The predicted octanol–water partition coefficient (Wildman–Crippen LogP) is 3.42. The number of benzene rings is 1. The van der Waals surface area contributed by atoms with Crippen molar-refractivity contribution in [3.63, 3.8) is 0 Å². The summed E-state index contributed by atoms with van der Waals surface area (Å²) in [7, 11) is 0. The quantitative estimate of drug-likeness (QED) is 0.774. The van der Waals surface area contributed by atoms with Gasteiger partial charge in [-0.05, 0) is 50.8 Å². The average Bonchev–Trinajstić information content (AvgIpc) is 2.19. The van der Waals surface area contributed by atoms with Crippen molar-refractivity contribution in [2.45, 2.75) is 44.6 Å². The van der Waals surface area contributed by atoms with Gasteiger partial charge < -0.3 is 4.74 Å². The van der Waals surface area contributed by atoms with Crippen LogP contribution in [0.4, 0.5) is 0 Å². The Bertz CT molecular complexity index is 396. The minimum absolute atomic E-state index is 0.194. The van der Waals surface area contributed by atoms with Gasteiger partial charge in [-0.1, -0.05) is 12.1 Å². The second-order valence-electron chi connectivity index (χ2n) is 4.74. The van der Waals surface area contributed by atoms with E-state index in [0.717, 1.165) is 30.6 Å². The molecular formula is C14H17NO. The van der Waals surface area contributed by atoms with Gasteiger partial charge in [0, 0.05) is 0 Å². The molecule has 1 aromatic rings. The number of nitrogens with zero attached hydrogens (tertiary/aromatic N) is 1. The Morgan fingerprint density at radius 3 is 2.25 bits per heavy atom. The number of nitriles is 1. The Hall–Kier alpha value is -1.49. The van der Waals surface area contributed by atoms with Crippen molar-refractivity contribution in [1.29, 1.82) is 5.26 Å². The van der Waals surface area contributed by atoms with Crippen LogP contribution >= 0.6 is 0 Å². The van der Waals surface area contributed by atoms with Crippen molar-refractivity contribution in [3.8, 4) is 11.8 Å². The summed E-state index contributed by atoms with van der Waals surface area (Å²) in [6.07, 6.45) is 3.35. The van der Waals surface area contributed by atoms with E-state index in [1.54, 1.807) is 0 Å². The van der Waals surface area contributed by atoms with E-state index in [1.165, 1.54) is 0 Å².